The molecule has 4 N–H and O–H groups in total. The highest BCUT2D eigenvalue weighted by molar-refractivity contribution is 5.87. The SMILES string of the molecule is CC(C)(C)CC(NC(=O)[C@H](N)c1ccc(OCCOC(C)(C)C)cc1)C(=O)O. The average molecular weight is 395 g/mol. The summed E-state index contributed by atoms with van der Waals surface area (Å²) in [6.07, 6.45) is 0.310. The molecule has 0 saturated carbocycles. The fourth-order valence-corrected chi connectivity index (χ4v) is 2.50. The van der Waals surface area contributed by atoms with Crippen molar-refractivity contribution in [2.24, 2.45) is 11.1 Å². The van der Waals surface area contributed by atoms with E-state index in [1.807, 2.05) is 41.5 Å². The summed E-state index contributed by atoms with van der Waals surface area (Å²) in [6, 6.07) is 4.91. The normalized spacial score (nSPS) is 14.2. The van der Waals surface area contributed by atoms with Crippen LogP contribution in [0.3, 0.4) is 0 Å². The predicted octanol–water partition coefficient (Wildman–Crippen LogP) is 2.89. The van der Waals surface area contributed by atoms with E-state index >= 15 is 0 Å². The van der Waals surface area contributed by atoms with Crippen molar-refractivity contribution in [1.29, 1.82) is 0 Å². The van der Waals surface area contributed by atoms with Crippen molar-refractivity contribution in [1.82, 2.24) is 5.32 Å². The van der Waals surface area contributed by atoms with Crippen LogP contribution in [0.4, 0.5) is 0 Å². The predicted molar refractivity (Wildman–Crippen MR) is 108 cm³/mol. The van der Waals surface area contributed by atoms with Gasteiger partial charge in [-0.3, -0.25) is 4.79 Å². The summed E-state index contributed by atoms with van der Waals surface area (Å²) in [5.41, 5.74) is 6.13. The van der Waals surface area contributed by atoms with Crippen LogP contribution in [0.15, 0.2) is 24.3 Å². The molecule has 1 aromatic carbocycles. The zero-order valence-electron chi connectivity index (χ0n) is 17.7. The van der Waals surface area contributed by atoms with Crippen molar-refractivity contribution in [3.8, 4) is 5.75 Å². The zero-order chi connectivity index (χ0) is 21.5. The molecule has 7 heteroatoms. The van der Waals surface area contributed by atoms with Gasteiger partial charge in [-0.25, -0.2) is 4.79 Å². The summed E-state index contributed by atoms with van der Waals surface area (Å²) in [6.45, 7) is 12.6. The minimum Gasteiger partial charge on any atom is -0.491 e. The minimum atomic E-state index is -1.07. The van der Waals surface area contributed by atoms with Crippen LogP contribution in [0.25, 0.3) is 0 Å². The molecule has 0 aromatic heterocycles. The maximum absolute atomic E-state index is 12.4. The van der Waals surface area contributed by atoms with Gasteiger partial charge in [0.25, 0.3) is 0 Å². The molecule has 1 amide bonds. The first-order valence-electron chi connectivity index (χ1n) is 9.44. The van der Waals surface area contributed by atoms with Gasteiger partial charge in [-0.1, -0.05) is 32.9 Å². The molecule has 1 aromatic rings. The number of amides is 1. The van der Waals surface area contributed by atoms with Crippen molar-refractivity contribution < 1.29 is 24.2 Å². The maximum atomic E-state index is 12.4. The van der Waals surface area contributed by atoms with Crippen molar-refractivity contribution in [2.45, 2.75) is 65.6 Å². The Morgan fingerprint density at radius 1 is 1.07 bits per heavy atom. The van der Waals surface area contributed by atoms with Crippen molar-refractivity contribution in [3.05, 3.63) is 29.8 Å². The maximum Gasteiger partial charge on any atom is 0.326 e. The van der Waals surface area contributed by atoms with Gasteiger partial charge >= 0.3 is 5.97 Å². The number of carbonyl (C=O) groups excluding carboxylic acids is 1. The van der Waals surface area contributed by atoms with E-state index in [-0.39, 0.29) is 11.0 Å². The Morgan fingerprint density at radius 3 is 2.11 bits per heavy atom. The third-order valence-electron chi connectivity index (χ3n) is 3.84. The van der Waals surface area contributed by atoms with Gasteiger partial charge < -0.3 is 25.6 Å². The molecule has 1 rings (SSSR count). The summed E-state index contributed by atoms with van der Waals surface area (Å²) in [5.74, 6) is -0.953. The van der Waals surface area contributed by atoms with E-state index in [2.05, 4.69) is 5.32 Å². The van der Waals surface area contributed by atoms with Crippen LogP contribution in [-0.4, -0.2) is 41.8 Å². The molecule has 0 aliphatic rings. The van der Waals surface area contributed by atoms with Crippen LogP contribution in [-0.2, 0) is 14.3 Å². The molecule has 0 spiro atoms. The average Bonchev–Trinajstić information content (AvgIpc) is 2.56. The molecule has 0 aliphatic heterocycles. The second kappa shape index (κ2) is 9.89. The number of hydrogen-bond donors (Lipinski definition) is 3. The van der Waals surface area contributed by atoms with E-state index < -0.39 is 24.0 Å². The smallest absolute Gasteiger partial charge is 0.326 e. The second-order valence-corrected chi connectivity index (χ2v) is 9.02. The second-order valence-electron chi connectivity index (χ2n) is 9.02. The number of carbonyl (C=O) groups is 2. The molecule has 7 nitrogen and oxygen atoms in total. The number of nitrogens with one attached hydrogen (secondary N) is 1. The Bertz CT molecular complexity index is 644. The van der Waals surface area contributed by atoms with Gasteiger partial charge in [-0.2, -0.15) is 0 Å². The monoisotopic (exact) mass is 394 g/mol. The minimum absolute atomic E-state index is 0.214. The Hall–Kier alpha value is -2.12. The first-order chi connectivity index (χ1) is 12.8. The fraction of sp³-hybridized carbons (Fsp3) is 0.619. The molecule has 0 aliphatic carbocycles. The topological polar surface area (TPSA) is 111 Å². The highest BCUT2D eigenvalue weighted by Gasteiger charge is 2.28. The van der Waals surface area contributed by atoms with Crippen molar-refractivity contribution >= 4 is 11.9 Å². The first-order valence-corrected chi connectivity index (χ1v) is 9.44. The number of rotatable bonds is 9. The Balaban J connectivity index is 2.62. The number of nitrogens with two attached hydrogens (primary N) is 1. The molecule has 158 valence electrons. The van der Waals surface area contributed by atoms with Gasteiger partial charge in [0.05, 0.1) is 12.2 Å². The summed E-state index contributed by atoms with van der Waals surface area (Å²) in [5, 5.41) is 11.9. The van der Waals surface area contributed by atoms with Gasteiger partial charge in [0.15, 0.2) is 0 Å². The molecular formula is C21H34N2O5. The molecular weight excluding hydrogens is 360 g/mol. The Morgan fingerprint density at radius 2 is 1.64 bits per heavy atom. The van der Waals surface area contributed by atoms with E-state index in [4.69, 9.17) is 15.2 Å². The van der Waals surface area contributed by atoms with Crippen molar-refractivity contribution in [2.75, 3.05) is 13.2 Å². The third-order valence-corrected chi connectivity index (χ3v) is 3.84. The van der Waals surface area contributed by atoms with E-state index in [9.17, 15) is 14.7 Å². The van der Waals surface area contributed by atoms with E-state index in [1.54, 1.807) is 24.3 Å². The van der Waals surface area contributed by atoms with Gasteiger partial charge in [0, 0.05) is 0 Å². The molecule has 0 heterocycles. The number of ether oxygens (including phenoxy) is 2. The lowest BCUT2D eigenvalue weighted by Crippen LogP contribution is -2.46. The molecule has 0 saturated heterocycles. The van der Waals surface area contributed by atoms with Crippen LogP contribution in [0, 0.1) is 5.41 Å². The lowest BCUT2D eigenvalue weighted by Gasteiger charge is -2.25. The van der Waals surface area contributed by atoms with Crippen molar-refractivity contribution in [3.63, 3.8) is 0 Å². The molecule has 0 bridgehead atoms. The van der Waals surface area contributed by atoms with Crippen LogP contribution < -0.4 is 15.8 Å². The van der Waals surface area contributed by atoms with E-state index in [1.165, 1.54) is 0 Å². The molecule has 28 heavy (non-hydrogen) atoms. The molecule has 1 unspecified atom stereocenters. The Kier molecular flexibility index (Phi) is 8.45. The van der Waals surface area contributed by atoms with Gasteiger partial charge in [0.1, 0.15) is 24.4 Å². The molecule has 2 atom stereocenters. The lowest BCUT2D eigenvalue weighted by molar-refractivity contribution is -0.142. The van der Waals surface area contributed by atoms with Crippen LogP contribution in [0.2, 0.25) is 0 Å². The van der Waals surface area contributed by atoms with E-state index in [0.717, 1.165) is 0 Å². The summed E-state index contributed by atoms with van der Waals surface area (Å²) in [7, 11) is 0. The highest BCUT2D eigenvalue weighted by Crippen LogP contribution is 2.22. The zero-order valence-corrected chi connectivity index (χ0v) is 17.7. The number of benzene rings is 1. The van der Waals surface area contributed by atoms with Gasteiger partial charge in [-0.05, 0) is 50.3 Å². The van der Waals surface area contributed by atoms with Gasteiger partial charge in [-0.15, -0.1) is 0 Å². The summed E-state index contributed by atoms with van der Waals surface area (Å²) >= 11 is 0. The Labute approximate surface area is 167 Å². The number of carboxylic acid groups (broad SMARTS) is 1. The lowest BCUT2D eigenvalue weighted by atomic mass is 9.88. The largest absolute Gasteiger partial charge is 0.491 e. The van der Waals surface area contributed by atoms with Crippen LogP contribution in [0.5, 0.6) is 5.75 Å². The molecule has 0 radical (unpaired) electrons. The van der Waals surface area contributed by atoms with Crippen LogP contribution in [0.1, 0.15) is 59.6 Å². The van der Waals surface area contributed by atoms with Crippen LogP contribution >= 0.6 is 0 Å². The summed E-state index contributed by atoms with van der Waals surface area (Å²) < 4.78 is 11.2. The fourth-order valence-electron chi connectivity index (χ4n) is 2.50. The first kappa shape index (κ1) is 23.9. The number of hydrogen-bond acceptors (Lipinski definition) is 5. The third kappa shape index (κ3) is 9.19. The molecule has 0 fully saturated rings. The number of aliphatic carboxylic acids is 1. The van der Waals surface area contributed by atoms with E-state index in [0.29, 0.717) is 30.9 Å². The number of carboxylic acids is 1. The highest BCUT2D eigenvalue weighted by atomic mass is 16.5. The summed E-state index contributed by atoms with van der Waals surface area (Å²) in [4.78, 5) is 23.8. The standard InChI is InChI=1S/C21H34N2O5/c1-20(2,3)13-16(19(25)26)23-18(24)17(22)14-7-9-15(10-8-14)27-11-12-28-21(4,5)6/h7-10,16-17H,11-13,22H2,1-6H3,(H,23,24)(H,25,26)/t16?,17-/m1/s1. The quantitative estimate of drug-likeness (QED) is 0.556. The van der Waals surface area contributed by atoms with Gasteiger partial charge in [0.2, 0.25) is 5.91 Å².